The summed E-state index contributed by atoms with van der Waals surface area (Å²) >= 11 is 0. The van der Waals surface area contributed by atoms with Crippen molar-refractivity contribution in [3.8, 4) is 0 Å². The van der Waals surface area contributed by atoms with Crippen molar-refractivity contribution in [2.75, 3.05) is 20.1 Å². The molecule has 0 radical (unpaired) electrons. The van der Waals surface area contributed by atoms with Crippen molar-refractivity contribution < 1.29 is 19.5 Å². The quantitative estimate of drug-likeness (QED) is 0.532. The molecule has 1 aliphatic heterocycles. The summed E-state index contributed by atoms with van der Waals surface area (Å²) in [5, 5.41) is 10.1. The van der Waals surface area contributed by atoms with Gasteiger partial charge in [-0.2, -0.15) is 0 Å². The highest BCUT2D eigenvalue weighted by atomic mass is 16.3. The molecule has 0 aromatic heterocycles. The number of allylic oxidation sites excluding steroid dienone is 1. The largest absolute Gasteiger partial charge is 0.483 e. The molecular weight excluding hydrogens is 358 g/mol. The van der Waals surface area contributed by atoms with Gasteiger partial charge in [0.15, 0.2) is 0 Å². The Bertz CT molecular complexity index is 697. The molecule has 1 fully saturated rings. The van der Waals surface area contributed by atoms with Crippen LogP contribution in [0.3, 0.4) is 0 Å². The number of rotatable bonds is 4. The van der Waals surface area contributed by atoms with Crippen LogP contribution in [0.25, 0.3) is 0 Å². The maximum absolute atomic E-state index is 13.4. The standard InChI is InChI=1S/C20H27N3O2.CH2O2/c1-23-13-11-20(12-14-23,15-7-3-2-4-8-15)19(25)22-17-10-6-5-9-16(17)18(21)24;2-1-3/h2-8,16-17H,9-14H2,1H3,(H2,21,24)(H,22,25);1H,(H,2,3)/t16-,17-;/m1./s1. The summed E-state index contributed by atoms with van der Waals surface area (Å²) in [5.41, 5.74) is 6.07. The van der Waals surface area contributed by atoms with Gasteiger partial charge in [-0.15, -0.1) is 0 Å². The number of nitrogens with one attached hydrogen (secondary N) is 1. The smallest absolute Gasteiger partial charge is 0.290 e. The third kappa shape index (κ3) is 4.98. The van der Waals surface area contributed by atoms with Gasteiger partial charge in [0, 0.05) is 6.04 Å². The molecule has 7 heteroatoms. The van der Waals surface area contributed by atoms with Gasteiger partial charge in [0.2, 0.25) is 11.8 Å². The Morgan fingerprint density at radius 2 is 1.75 bits per heavy atom. The van der Waals surface area contributed by atoms with E-state index in [4.69, 9.17) is 15.6 Å². The van der Waals surface area contributed by atoms with Crippen LogP contribution in [0.4, 0.5) is 0 Å². The predicted octanol–water partition coefficient (Wildman–Crippen LogP) is 1.29. The highest BCUT2D eigenvalue weighted by molar-refractivity contribution is 5.89. The minimum absolute atomic E-state index is 0.0263. The minimum atomic E-state index is -0.531. The molecule has 3 rings (SSSR count). The Balaban J connectivity index is 0.000000878. The third-order valence-electron chi connectivity index (χ3n) is 5.72. The number of carbonyl (C=O) groups is 3. The Morgan fingerprint density at radius 1 is 1.18 bits per heavy atom. The summed E-state index contributed by atoms with van der Waals surface area (Å²) in [6, 6.07) is 9.81. The number of primary amides is 1. The number of nitrogens with two attached hydrogens (primary N) is 1. The Kier molecular flexibility index (Phi) is 7.75. The van der Waals surface area contributed by atoms with Crippen LogP contribution in [0.2, 0.25) is 0 Å². The lowest BCUT2D eigenvalue weighted by molar-refractivity contribution is -0.130. The molecule has 4 N–H and O–H groups in total. The van der Waals surface area contributed by atoms with E-state index in [1.807, 2.05) is 42.5 Å². The van der Waals surface area contributed by atoms with Crippen molar-refractivity contribution in [2.24, 2.45) is 11.7 Å². The monoisotopic (exact) mass is 387 g/mol. The lowest BCUT2D eigenvalue weighted by atomic mass is 9.71. The summed E-state index contributed by atoms with van der Waals surface area (Å²) < 4.78 is 0. The predicted molar refractivity (Wildman–Crippen MR) is 107 cm³/mol. The second-order valence-corrected chi connectivity index (χ2v) is 7.39. The molecule has 0 bridgehead atoms. The summed E-state index contributed by atoms with van der Waals surface area (Å²) in [6.45, 7) is 1.51. The van der Waals surface area contributed by atoms with Gasteiger partial charge in [0.1, 0.15) is 0 Å². The number of hydrogen-bond donors (Lipinski definition) is 3. The van der Waals surface area contributed by atoms with Crippen LogP contribution in [0, 0.1) is 5.92 Å². The van der Waals surface area contributed by atoms with Crippen LogP contribution >= 0.6 is 0 Å². The van der Waals surface area contributed by atoms with Crippen LogP contribution in [-0.4, -0.2) is 54.5 Å². The molecule has 2 aliphatic rings. The molecule has 7 nitrogen and oxygen atoms in total. The molecule has 1 aliphatic carbocycles. The second kappa shape index (κ2) is 10.0. The Hall–Kier alpha value is -2.67. The molecule has 2 amide bonds. The van der Waals surface area contributed by atoms with Crippen LogP contribution in [0.15, 0.2) is 42.5 Å². The number of likely N-dealkylation sites (tertiary alicyclic amines) is 1. The lowest BCUT2D eigenvalue weighted by Crippen LogP contribution is -2.55. The summed E-state index contributed by atoms with van der Waals surface area (Å²) in [5.74, 6) is -0.641. The molecule has 28 heavy (non-hydrogen) atoms. The first-order chi connectivity index (χ1) is 13.4. The van der Waals surface area contributed by atoms with Crippen LogP contribution in [0.1, 0.15) is 31.2 Å². The number of nitrogens with zero attached hydrogens (tertiary/aromatic N) is 1. The number of hydrogen-bond acceptors (Lipinski definition) is 4. The van der Waals surface area contributed by atoms with Crippen molar-refractivity contribution in [1.29, 1.82) is 0 Å². The minimum Gasteiger partial charge on any atom is -0.483 e. The number of carboxylic acid groups (broad SMARTS) is 1. The lowest BCUT2D eigenvalue weighted by Gasteiger charge is -2.41. The van der Waals surface area contributed by atoms with Crippen molar-refractivity contribution in [2.45, 2.75) is 37.1 Å². The number of piperidine rings is 1. The normalized spacial score (nSPS) is 23.8. The number of benzene rings is 1. The average molecular weight is 387 g/mol. The van der Waals surface area contributed by atoms with Gasteiger partial charge < -0.3 is 21.1 Å². The molecule has 0 spiro atoms. The van der Waals surface area contributed by atoms with Gasteiger partial charge in [0.25, 0.3) is 6.47 Å². The first kappa shape index (κ1) is 21.6. The van der Waals surface area contributed by atoms with Gasteiger partial charge in [-0.1, -0.05) is 42.5 Å². The van der Waals surface area contributed by atoms with E-state index in [1.165, 1.54) is 0 Å². The molecule has 2 atom stereocenters. The third-order valence-corrected chi connectivity index (χ3v) is 5.72. The average Bonchev–Trinajstić information content (AvgIpc) is 2.70. The van der Waals surface area contributed by atoms with Gasteiger partial charge in [-0.25, -0.2) is 0 Å². The van der Waals surface area contributed by atoms with E-state index < -0.39 is 5.41 Å². The fraction of sp³-hybridized carbons (Fsp3) is 0.476. The van der Waals surface area contributed by atoms with Crippen molar-refractivity contribution in [3.63, 3.8) is 0 Å². The van der Waals surface area contributed by atoms with Crippen LogP contribution in [-0.2, 0) is 19.8 Å². The zero-order valence-electron chi connectivity index (χ0n) is 16.2. The van der Waals surface area contributed by atoms with E-state index in [2.05, 4.69) is 17.3 Å². The molecule has 0 saturated carbocycles. The topological polar surface area (TPSA) is 113 Å². The fourth-order valence-corrected chi connectivity index (χ4v) is 4.00. The van der Waals surface area contributed by atoms with Crippen molar-refractivity contribution in [1.82, 2.24) is 10.2 Å². The zero-order chi connectivity index (χ0) is 20.6. The van der Waals surface area contributed by atoms with E-state index >= 15 is 0 Å². The Morgan fingerprint density at radius 3 is 2.32 bits per heavy atom. The summed E-state index contributed by atoms with van der Waals surface area (Å²) in [6.07, 6.45) is 6.81. The molecule has 1 aromatic rings. The first-order valence-corrected chi connectivity index (χ1v) is 9.52. The molecule has 0 unspecified atom stereocenters. The van der Waals surface area contributed by atoms with Crippen LogP contribution < -0.4 is 11.1 Å². The highest BCUT2D eigenvalue weighted by Gasteiger charge is 2.43. The van der Waals surface area contributed by atoms with Crippen molar-refractivity contribution in [3.05, 3.63) is 48.0 Å². The zero-order valence-corrected chi connectivity index (χ0v) is 16.2. The van der Waals surface area contributed by atoms with E-state index in [0.29, 0.717) is 12.8 Å². The van der Waals surface area contributed by atoms with Gasteiger partial charge >= 0.3 is 0 Å². The SMILES string of the molecule is CN1CCC(C(=O)N[C@@H]2CC=CC[C@H]2C(N)=O)(c2ccccc2)CC1.O=CO. The highest BCUT2D eigenvalue weighted by Crippen LogP contribution is 2.36. The number of carbonyl (C=O) groups excluding carboxylic acids is 2. The maximum Gasteiger partial charge on any atom is 0.290 e. The molecule has 152 valence electrons. The summed E-state index contributed by atoms with van der Waals surface area (Å²) in [7, 11) is 2.09. The molecule has 1 saturated heterocycles. The van der Waals surface area contributed by atoms with E-state index in [0.717, 1.165) is 31.5 Å². The fourth-order valence-electron chi connectivity index (χ4n) is 4.00. The molecular formula is C21H29N3O4. The Labute approximate surface area is 165 Å². The maximum atomic E-state index is 13.4. The van der Waals surface area contributed by atoms with E-state index in [-0.39, 0.29) is 30.2 Å². The van der Waals surface area contributed by atoms with E-state index in [9.17, 15) is 9.59 Å². The van der Waals surface area contributed by atoms with E-state index in [1.54, 1.807) is 0 Å². The van der Waals surface area contributed by atoms with Crippen molar-refractivity contribution >= 4 is 18.3 Å². The van der Waals surface area contributed by atoms with Gasteiger partial charge in [-0.05, 0) is 51.4 Å². The second-order valence-electron chi connectivity index (χ2n) is 7.39. The number of amides is 2. The first-order valence-electron chi connectivity index (χ1n) is 9.52. The molecule has 1 aromatic carbocycles. The van der Waals surface area contributed by atoms with Gasteiger partial charge in [0.05, 0.1) is 11.3 Å². The van der Waals surface area contributed by atoms with Gasteiger partial charge in [-0.3, -0.25) is 14.4 Å². The molecule has 1 heterocycles. The van der Waals surface area contributed by atoms with Crippen LogP contribution in [0.5, 0.6) is 0 Å². The summed E-state index contributed by atoms with van der Waals surface area (Å²) in [4.78, 5) is 35.7.